The van der Waals surface area contributed by atoms with E-state index in [4.69, 9.17) is 8.62 Å². The van der Waals surface area contributed by atoms with Crippen molar-refractivity contribution >= 4 is 46.0 Å². The largest absolute Gasteiger partial charge is 0.320 e. The first kappa shape index (κ1) is 11.0. The van der Waals surface area contributed by atoms with Crippen molar-refractivity contribution in [1.82, 2.24) is 0 Å². The van der Waals surface area contributed by atoms with Gasteiger partial charge in [0.15, 0.2) is 27.1 Å². The van der Waals surface area contributed by atoms with Gasteiger partial charge in [-0.15, -0.1) is 0 Å². The average Bonchev–Trinajstić information content (AvgIpc) is 1.89. The second kappa shape index (κ2) is 9.99. The Bertz CT molecular complexity index is 42.2. The Hall–Kier alpha value is 1.99. The van der Waals surface area contributed by atoms with Crippen LogP contribution < -0.4 is 0 Å². The molecule has 0 saturated heterocycles. The normalized spacial score (nSPS) is 14.0. The molecule has 0 aliphatic heterocycles. The molecule has 4 unspecified atom stereocenters. The zero-order valence-corrected chi connectivity index (χ0v) is 9.60. The van der Waals surface area contributed by atoms with E-state index < -0.39 is 0 Å². The van der Waals surface area contributed by atoms with Crippen LogP contribution in [0.15, 0.2) is 0 Å². The number of hydrogen-bond acceptors (Lipinski definition) is 4. The van der Waals surface area contributed by atoms with Crippen molar-refractivity contribution in [1.29, 1.82) is 0 Å². The van der Waals surface area contributed by atoms with Gasteiger partial charge in [0.1, 0.15) is 0 Å². The molecule has 0 aromatic carbocycles. The first-order valence-corrected chi connectivity index (χ1v) is 5.09. The highest BCUT2D eigenvalue weighted by Gasteiger charge is 1.85. The quantitative estimate of drug-likeness (QED) is 0.513. The highest BCUT2D eigenvalue weighted by molar-refractivity contribution is 7.49. The lowest BCUT2D eigenvalue weighted by molar-refractivity contribution is 0.521. The van der Waals surface area contributed by atoms with Gasteiger partial charge in [-0.2, -0.15) is 0 Å². The van der Waals surface area contributed by atoms with Crippen LogP contribution in [0.5, 0.6) is 0 Å². The van der Waals surface area contributed by atoms with E-state index in [0.717, 1.165) is 0 Å². The van der Waals surface area contributed by atoms with Crippen molar-refractivity contribution in [3.05, 3.63) is 0 Å². The first-order chi connectivity index (χ1) is 4.41. The van der Waals surface area contributed by atoms with E-state index in [1.807, 2.05) is 0 Å². The van der Waals surface area contributed by atoms with Crippen LogP contribution in [0.25, 0.3) is 0 Å². The number of hydrogen-bond donors (Lipinski definition) is 0. The van der Waals surface area contributed by atoms with Crippen LogP contribution in [0.2, 0.25) is 0 Å². The molecular formula is H7O4P5. The Balaban J connectivity index is 2.60. The van der Waals surface area contributed by atoms with Crippen LogP contribution >= 0.6 is 46.0 Å². The second-order valence-electron chi connectivity index (χ2n) is 0.690. The standard InChI is InChI=1S/H7O4P5/c5-1-7-3-9-4-8-2-6/h7-9H,5-6H2. The summed E-state index contributed by atoms with van der Waals surface area (Å²) in [5, 5.41) is 0. The van der Waals surface area contributed by atoms with E-state index in [9.17, 15) is 0 Å². The summed E-state index contributed by atoms with van der Waals surface area (Å²) in [4.78, 5) is 0. The topological polar surface area (TPSA) is 36.9 Å². The fourth-order valence-electron chi connectivity index (χ4n) is 0.103. The molecule has 0 amide bonds. The van der Waals surface area contributed by atoms with Gasteiger partial charge in [0.05, 0.1) is 0 Å². The van der Waals surface area contributed by atoms with Crippen LogP contribution in [0, 0.1) is 0 Å². The van der Waals surface area contributed by atoms with Gasteiger partial charge in [0.25, 0.3) is 0 Å². The summed E-state index contributed by atoms with van der Waals surface area (Å²) in [6.45, 7) is 0. The molecule has 0 N–H and O–H groups in total. The van der Waals surface area contributed by atoms with Crippen LogP contribution in [0.4, 0.5) is 0 Å². The molecule has 0 spiro atoms. The summed E-state index contributed by atoms with van der Waals surface area (Å²) in [6.07, 6.45) is 0. The molecule has 0 aromatic rings. The molecular weight excluding hydrogens is 219 g/mol. The predicted octanol–water partition coefficient (Wildman–Crippen LogP) is 2.16. The van der Waals surface area contributed by atoms with Gasteiger partial charge in [-0.1, -0.05) is 0 Å². The fraction of sp³-hybridized carbons (Fsp3) is 0. The van der Waals surface area contributed by atoms with Crippen LogP contribution in [-0.4, -0.2) is 0 Å². The van der Waals surface area contributed by atoms with Crippen LogP contribution in [0.3, 0.4) is 0 Å². The van der Waals surface area contributed by atoms with Gasteiger partial charge < -0.3 is 8.62 Å². The van der Waals surface area contributed by atoms with Gasteiger partial charge >= 0.3 is 0 Å². The second-order valence-corrected chi connectivity index (χ2v) is 4.71. The smallest absolute Gasteiger partial charge is 0.167 e. The van der Waals surface area contributed by atoms with Crippen molar-refractivity contribution in [2.75, 3.05) is 0 Å². The maximum atomic E-state index is 4.79. The molecule has 0 fully saturated rings. The molecule has 56 valence electrons. The minimum atomic E-state index is -0.00611. The van der Waals surface area contributed by atoms with Gasteiger partial charge in [-0.05, 0) is 0 Å². The van der Waals surface area contributed by atoms with Crippen molar-refractivity contribution in [2.24, 2.45) is 0 Å². The van der Waals surface area contributed by atoms with E-state index in [1.54, 1.807) is 0 Å². The molecule has 0 radical (unpaired) electrons. The summed E-state index contributed by atoms with van der Waals surface area (Å²) in [6, 6.07) is 0. The summed E-state index contributed by atoms with van der Waals surface area (Å²) in [5.41, 5.74) is 0. The predicted molar refractivity (Wildman–Crippen MR) is 48.7 cm³/mol. The van der Waals surface area contributed by atoms with E-state index in [-0.39, 0.29) is 27.1 Å². The lowest BCUT2D eigenvalue weighted by Crippen LogP contribution is -1.56. The summed E-state index contributed by atoms with van der Waals surface area (Å²) in [5.74, 6) is 0. The van der Waals surface area contributed by atoms with Crippen molar-refractivity contribution < 1.29 is 17.2 Å². The van der Waals surface area contributed by atoms with Crippen molar-refractivity contribution in [2.45, 2.75) is 0 Å². The van der Waals surface area contributed by atoms with Gasteiger partial charge in [-0.25, -0.2) is 0 Å². The maximum absolute atomic E-state index is 4.79. The molecule has 0 aliphatic rings. The SMILES string of the molecule is POPOPOPOP. The molecule has 0 rings (SSSR count). The van der Waals surface area contributed by atoms with Crippen LogP contribution in [-0.2, 0) is 17.2 Å². The average molecular weight is 226 g/mol. The van der Waals surface area contributed by atoms with E-state index in [1.165, 1.54) is 0 Å². The Morgan fingerprint density at radius 1 is 0.778 bits per heavy atom. The zero-order valence-electron chi connectivity index (χ0n) is 4.29. The molecule has 0 heterocycles. The number of rotatable bonds is 6. The molecule has 9 heavy (non-hydrogen) atoms. The minimum absolute atomic E-state index is 0.00611. The van der Waals surface area contributed by atoms with Crippen molar-refractivity contribution in [3.63, 3.8) is 0 Å². The van der Waals surface area contributed by atoms with Crippen molar-refractivity contribution in [3.8, 4) is 0 Å². The third-order valence-electron chi connectivity index (χ3n) is 0.263. The fourth-order valence-corrected chi connectivity index (χ4v) is 2.17. The molecule has 0 bridgehead atoms. The van der Waals surface area contributed by atoms with E-state index in [2.05, 4.69) is 27.6 Å². The monoisotopic (exact) mass is 226 g/mol. The minimum Gasteiger partial charge on any atom is -0.320 e. The Morgan fingerprint density at radius 3 is 1.56 bits per heavy atom. The maximum Gasteiger partial charge on any atom is 0.167 e. The third-order valence-corrected chi connectivity index (χ3v) is 2.37. The molecule has 0 saturated carbocycles. The van der Waals surface area contributed by atoms with Gasteiger partial charge in [0, 0.05) is 18.9 Å². The first-order valence-electron chi connectivity index (χ1n) is 1.70. The molecule has 0 aromatic heterocycles. The Morgan fingerprint density at radius 2 is 1.22 bits per heavy atom. The van der Waals surface area contributed by atoms with Gasteiger partial charge in [-0.3, -0.25) is 8.62 Å². The molecule has 4 atom stereocenters. The lowest BCUT2D eigenvalue weighted by Gasteiger charge is -1.99. The molecule has 4 nitrogen and oxygen atoms in total. The third kappa shape index (κ3) is 9.99. The summed E-state index contributed by atoms with van der Waals surface area (Å²) in [7, 11) is 4.19. The Kier molecular flexibility index (Phi) is 12.2. The zero-order chi connectivity index (χ0) is 6.95. The highest BCUT2D eigenvalue weighted by atomic mass is 31.2. The highest BCUT2D eigenvalue weighted by Crippen LogP contribution is 2.36. The molecule has 0 aliphatic carbocycles. The lowest BCUT2D eigenvalue weighted by atomic mass is 15.8. The summed E-state index contributed by atoms with van der Waals surface area (Å²) < 4.78 is 18.6. The van der Waals surface area contributed by atoms with E-state index >= 15 is 0 Å². The molecule has 9 heteroatoms. The van der Waals surface area contributed by atoms with Crippen LogP contribution in [0.1, 0.15) is 0 Å². The Labute approximate surface area is 63.9 Å². The summed E-state index contributed by atoms with van der Waals surface area (Å²) >= 11 is 0. The van der Waals surface area contributed by atoms with Gasteiger partial charge in [0.2, 0.25) is 0 Å². The van der Waals surface area contributed by atoms with E-state index in [0.29, 0.717) is 0 Å².